The van der Waals surface area contributed by atoms with Crippen molar-refractivity contribution < 1.29 is 13.9 Å². The molecule has 1 amide bonds. The number of methoxy groups -OCH3 is 1. The van der Waals surface area contributed by atoms with Crippen LogP contribution in [0.3, 0.4) is 0 Å². The van der Waals surface area contributed by atoms with Crippen LogP contribution in [-0.4, -0.2) is 13.0 Å². The number of carbonyl (C=O) groups excluding carboxylic acids is 1. The quantitative estimate of drug-likeness (QED) is 0.850. The largest absolute Gasteiger partial charge is 0.497 e. The van der Waals surface area contributed by atoms with Gasteiger partial charge in [-0.25, -0.2) is 4.39 Å². The Morgan fingerprint density at radius 2 is 1.90 bits per heavy atom. The molecule has 0 bridgehead atoms. The highest BCUT2D eigenvalue weighted by Crippen LogP contribution is 2.19. The van der Waals surface area contributed by atoms with Gasteiger partial charge in [0.15, 0.2) is 0 Å². The van der Waals surface area contributed by atoms with E-state index in [0.29, 0.717) is 0 Å². The molecule has 0 spiro atoms. The van der Waals surface area contributed by atoms with Crippen LogP contribution in [0.25, 0.3) is 0 Å². The summed E-state index contributed by atoms with van der Waals surface area (Å²) in [7, 11) is 1.59. The van der Waals surface area contributed by atoms with Crippen LogP contribution in [0.5, 0.6) is 5.75 Å². The van der Waals surface area contributed by atoms with E-state index in [-0.39, 0.29) is 23.2 Å². The second kappa shape index (κ2) is 6.26. The molecule has 0 aliphatic heterocycles. The molecule has 0 unspecified atom stereocenters. The van der Waals surface area contributed by atoms with Crippen molar-refractivity contribution in [1.29, 1.82) is 0 Å². The van der Waals surface area contributed by atoms with Crippen LogP contribution in [0.2, 0.25) is 0 Å². The summed E-state index contributed by atoms with van der Waals surface area (Å²) < 4.78 is 18.1. The fourth-order valence-corrected chi connectivity index (χ4v) is 1.99. The van der Waals surface area contributed by atoms with E-state index in [9.17, 15) is 9.18 Å². The molecule has 0 saturated carbocycles. The number of benzene rings is 2. The summed E-state index contributed by atoms with van der Waals surface area (Å²) in [5, 5.41) is 2.83. The molecular weight excluding hydrogens is 271 g/mol. The minimum Gasteiger partial charge on any atom is -0.497 e. The molecular formula is C16H17FN2O2. The molecule has 3 N–H and O–H groups in total. The maximum Gasteiger partial charge on any atom is 0.253 e. The van der Waals surface area contributed by atoms with Gasteiger partial charge in [0.2, 0.25) is 0 Å². The SMILES string of the molecule is COc1ccc([C@@H](C)NC(=O)c2ccc(F)cc2N)cc1. The fraction of sp³-hybridized carbons (Fsp3) is 0.188. The summed E-state index contributed by atoms with van der Waals surface area (Å²) in [6, 6.07) is 10.9. The van der Waals surface area contributed by atoms with Gasteiger partial charge in [-0.05, 0) is 42.8 Å². The average Bonchev–Trinajstić information content (AvgIpc) is 2.47. The van der Waals surface area contributed by atoms with Crippen molar-refractivity contribution in [2.24, 2.45) is 0 Å². The zero-order chi connectivity index (χ0) is 15.4. The van der Waals surface area contributed by atoms with Crippen molar-refractivity contribution in [3.05, 3.63) is 59.4 Å². The van der Waals surface area contributed by atoms with Gasteiger partial charge in [0.25, 0.3) is 5.91 Å². The molecule has 21 heavy (non-hydrogen) atoms. The summed E-state index contributed by atoms with van der Waals surface area (Å²) in [6.07, 6.45) is 0. The molecule has 2 aromatic rings. The zero-order valence-corrected chi connectivity index (χ0v) is 11.9. The third-order valence-electron chi connectivity index (χ3n) is 3.22. The van der Waals surface area contributed by atoms with Crippen LogP contribution >= 0.6 is 0 Å². The van der Waals surface area contributed by atoms with E-state index in [0.717, 1.165) is 17.4 Å². The number of halogens is 1. The van der Waals surface area contributed by atoms with Crippen LogP contribution in [-0.2, 0) is 0 Å². The molecule has 0 fully saturated rings. The van der Waals surface area contributed by atoms with Gasteiger partial charge < -0.3 is 15.8 Å². The molecule has 110 valence electrons. The molecule has 0 radical (unpaired) electrons. The second-order valence-corrected chi connectivity index (χ2v) is 4.70. The van der Waals surface area contributed by atoms with Crippen molar-refractivity contribution in [3.63, 3.8) is 0 Å². The number of ether oxygens (including phenoxy) is 1. The highest BCUT2D eigenvalue weighted by atomic mass is 19.1. The summed E-state index contributed by atoms with van der Waals surface area (Å²) in [6.45, 7) is 1.86. The highest BCUT2D eigenvalue weighted by molar-refractivity contribution is 5.99. The number of nitrogens with two attached hydrogens (primary N) is 1. The number of anilines is 1. The predicted octanol–water partition coefficient (Wildman–Crippen LogP) is 2.91. The molecule has 4 nitrogen and oxygen atoms in total. The lowest BCUT2D eigenvalue weighted by Crippen LogP contribution is -2.27. The monoisotopic (exact) mass is 288 g/mol. The van der Waals surface area contributed by atoms with Gasteiger partial charge in [0.1, 0.15) is 11.6 Å². The van der Waals surface area contributed by atoms with E-state index >= 15 is 0 Å². The van der Waals surface area contributed by atoms with E-state index in [1.54, 1.807) is 7.11 Å². The molecule has 0 saturated heterocycles. The Balaban J connectivity index is 2.10. The van der Waals surface area contributed by atoms with Gasteiger partial charge in [0.05, 0.1) is 18.7 Å². The van der Waals surface area contributed by atoms with E-state index < -0.39 is 5.82 Å². The van der Waals surface area contributed by atoms with E-state index in [1.807, 2.05) is 31.2 Å². The third kappa shape index (κ3) is 3.51. The molecule has 2 aromatic carbocycles. The van der Waals surface area contributed by atoms with Crippen molar-refractivity contribution in [1.82, 2.24) is 5.32 Å². The highest BCUT2D eigenvalue weighted by Gasteiger charge is 2.14. The van der Waals surface area contributed by atoms with Gasteiger partial charge in [-0.2, -0.15) is 0 Å². The number of nitrogens with one attached hydrogen (secondary N) is 1. The van der Waals surface area contributed by atoms with Gasteiger partial charge >= 0.3 is 0 Å². The second-order valence-electron chi connectivity index (χ2n) is 4.70. The fourth-order valence-electron chi connectivity index (χ4n) is 1.99. The van der Waals surface area contributed by atoms with Crippen LogP contribution < -0.4 is 15.8 Å². The molecule has 1 atom stereocenters. The molecule has 5 heteroatoms. The lowest BCUT2D eigenvalue weighted by atomic mass is 10.1. The predicted molar refractivity (Wildman–Crippen MR) is 79.7 cm³/mol. The number of nitrogen functional groups attached to an aromatic ring is 1. The van der Waals surface area contributed by atoms with Crippen LogP contribution in [0.1, 0.15) is 28.9 Å². The van der Waals surface area contributed by atoms with E-state index in [2.05, 4.69) is 5.32 Å². The Kier molecular flexibility index (Phi) is 4.42. The summed E-state index contributed by atoms with van der Waals surface area (Å²) in [5.41, 5.74) is 6.97. The minimum absolute atomic E-state index is 0.120. The molecule has 0 aromatic heterocycles. The lowest BCUT2D eigenvalue weighted by molar-refractivity contribution is 0.0941. The number of rotatable bonds is 4. The van der Waals surface area contributed by atoms with Crippen molar-refractivity contribution >= 4 is 11.6 Å². The Hall–Kier alpha value is -2.56. The molecule has 0 heterocycles. The summed E-state index contributed by atoms with van der Waals surface area (Å²) >= 11 is 0. The number of carbonyl (C=O) groups is 1. The maximum absolute atomic E-state index is 13.0. The van der Waals surface area contributed by atoms with Gasteiger partial charge in [-0.15, -0.1) is 0 Å². The van der Waals surface area contributed by atoms with E-state index in [1.165, 1.54) is 12.1 Å². The lowest BCUT2D eigenvalue weighted by Gasteiger charge is -2.15. The minimum atomic E-state index is -0.466. The molecule has 2 rings (SSSR count). The van der Waals surface area contributed by atoms with Crippen molar-refractivity contribution in [2.75, 3.05) is 12.8 Å². The summed E-state index contributed by atoms with van der Waals surface area (Å²) in [4.78, 5) is 12.1. The number of hydrogen-bond acceptors (Lipinski definition) is 3. The van der Waals surface area contributed by atoms with Gasteiger partial charge in [0, 0.05) is 5.69 Å². The van der Waals surface area contributed by atoms with Crippen molar-refractivity contribution in [2.45, 2.75) is 13.0 Å². The summed E-state index contributed by atoms with van der Waals surface area (Å²) in [5.74, 6) is -0.0527. The first-order valence-corrected chi connectivity index (χ1v) is 6.51. The Labute approximate surface area is 122 Å². The normalized spacial score (nSPS) is 11.8. The van der Waals surface area contributed by atoms with Crippen LogP contribution in [0.4, 0.5) is 10.1 Å². The van der Waals surface area contributed by atoms with Crippen molar-refractivity contribution in [3.8, 4) is 5.75 Å². The zero-order valence-electron chi connectivity index (χ0n) is 11.9. The standard InChI is InChI=1S/C16H17FN2O2/c1-10(11-3-6-13(21-2)7-4-11)19-16(20)14-8-5-12(17)9-15(14)18/h3-10H,18H2,1-2H3,(H,19,20)/t10-/m1/s1. The Morgan fingerprint density at radius 1 is 1.24 bits per heavy atom. The first-order valence-electron chi connectivity index (χ1n) is 6.51. The van der Waals surface area contributed by atoms with Gasteiger partial charge in [-0.3, -0.25) is 4.79 Å². The number of hydrogen-bond donors (Lipinski definition) is 2. The Morgan fingerprint density at radius 3 is 2.48 bits per heavy atom. The first-order chi connectivity index (χ1) is 10.0. The van der Waals surface area contributed by atoms with Crippen LogP contribution in [0, 0.1) is 5.82 Å². The first kappa shape index (κ1) is 14.8. The smallest absolute Gasteiger partial charge is 0.253 e. The topological polar surface area (TPSA) is 64.3 Å². The number of amides is 1. The Bertz CT molecular complexity index is 641. The molecule has 0 aliphatic carbocycles. The average molecular weight is 288 g/mol. The van der Waals surface area contributed by atoms with E-state index in [4.69, 9.17) is 10.5 Å². The maximum atomic E-state index is 13.0. The molecule has 0 aliphatic rings. The van der Waals surface area contributed by atoms with Gasteiger partial charge in [-0.1, -0.05) is 12.1 Å². The van der Waals surface area contributed by atoms with Crippen LogP contribution in [0.15, 0.2) is 42.5 Å². The third-order valence-corrected chi connectivity index (χ3v) is 3.22.